The number of rotatable bonds is 46. The highest BCUT2D eigenvalue weighted by Gasteiger charge is 2.50. The van der Waals surface area contributed by atoms with Gasteiger partial charge in [-0.3, -0.25) is 14.4 Å². The van der Waals surface area contributed by atoms with Gasteiger partial charge in [0.25, 0.3) is 0 Å². The number of aliphatic hydroxyl groups excluding tert-OH is 2. The summed E-state index contributed by atoms with van der Waals surface area (Å²) in [5.41, 5.74) is 0. The number of esters is 3. The first-order valence-electron chi connectivity index (χ1n) is 27.6. The van der Waals surface area contributed by atoms with E-state index in [0.29, 0.717) is 19.3 Å². The largest absolute Gasteiger partial charge is 0.479 e. The second kappa shape index (κ2) is 45.8. The van der Waals surface area contributed by atoms with Gasteiger partial charge in [0.1, 0.15) is 18.8 Å². The van der Waals surface area contributed by atoms with Crippen LogP contribution >= 0.6 is 0 Å². The van der Waals surface area contributed by atoms with Gasteiger partial charge in [-0.15, -0.1) is 0 Å². The van der Waals surface area contributed by atoms with Crippen molar-refractivity contribution in [1.29, 1.82) is 0 Å². The van der Waals surface area contributed by atoms with Crippen LogP contribution in [0.1, 0.15) is 239 Å². The van der Waals surface area contributed by atoms with E-state index in [-0.39, 0.29) is 25.9 Å². The number of hydrogen-bond acceptors (Lipinski definition) is 11. The van der Waals surface area contributed by atoms with Crippen molar-refractivity contribution in [3.8, 4) is 0 Å². The molecule has 0 aromatic heterocycles. The molecule has 0 aliphatic carbocycles. The van der Waals surface area contributed by atoms with E-state index in [0.717, 1.165) is 83.5 Å². The SMILES string of the molecule is CC/C=C\C/C=C\C/C=C\C/C=C\CCCCC(=O)OCC(COC1OC(C(=O)O)C(O)C(O)C1OC(=O)CCCCCCCCCCC)OC(=O)CCCCCCCCCCCCCCCCC. The summed E-state index contributed by atoms with van der Waals surface area (Å²) in [5, 5.41) is 31.3. The van der Waals surface area contributed by atoms with Crippen molar-refractivity contribution in [2.45, 2.75) is 276 Å². The van der Waals surface area contributed by atoms with Crippen LogP contribution in [-0.2, 0) is 42.9 Å². The lowest BCUT2D eigenvalue weighted by molar-refractivity contribution is -0.301. The molecule has 1 fully saturated rings. The number of carbonyl (C=O) groups excluding carboxylic acids is 3. The van der Waals surface area contributed by atoms with E-state index in [4.69, 9.17) is 23.7 Å². The average molecular weight is 975 g/mol. The number of allylic oxidation sites excluding steroid dienone is 8. The predicted octanol–water partition coefficient (Wildman–Crippen LogP) is 13.4. The Kier molecular flexibility index (Phi) is 42.3. The maximum absolute atomic E-state index is 13.1. The Labute approximate surface area is 418 Å². The zero-order valence-electron chi connectivity index (χ0n) is 43.6. The van der Waals surface area contributed by atoms with Crippen LogP contribution in [-0.4, -0.2) is 89.2 Å². The van der Waals surface area contributed by atoms with Crippen LogP contribution in [0.15, 0.2) is 48.6 Å². The highest BCUT2D eigenvalue weighted by molar-refractivity contribution is 5.74. The van der Waals surface area contributed by atoms with Crippen LogP contribution in [0.4, 0.5) is 0 Å². The Hall–Kier alpha value is -3.32. The monoisotopic (exact) mass is 975 g/mol. The predicted molar refractivity (Wildman–Crippen MR) is 276 cm³/mol. The number of aliphatic carboxylic acids is 1. The van der Waals surface area contributed by atoms with E-state index in [2.05, 4.69) is 69.4 Å². The zero-order valence-corrected chi connectivity index (χ0v) is 43.6. The fourth-order valence-electron chi connectivity index (χ4n) is 8.18. The molecular formula is C57H98O12. The maximum atomic E-state index is 13.1. The molecule has 0 bridgehead atoms. The van der Waals surface area contributed by atoms with Gasteiger partial charge >= 0.3 is 23.9 Å². The third-order valence-electron chi connectivity index (χ3n) is 12.4. The zero-order chi connectivity index (χ0) is 50.4. The molecule has 1 aliphatic rings. The Morgan fingerprint density at radius 2 is 0.913 bits per heavy atom. The number of unbranched alkanes of at least 4 members (excludes halogenated alkanes) is 24. The van der Waals surface area contributed by atoms with Gasteiger partial charge in [0.05, 0.1) is 6.61 Å². The smallest absolute Gasteiger partial charge is 0.335 e. The molecule has 0 spiro atoms. The average Bonchev–Trinajstić information content (AvgIpc) is 3.33. The third kappa shape index (κ3) is 36.3. The van der Waals surface area contributed by atoms with Gasteiger partial charge in [-0.25, -0.2) is 4.79 Å². The summed E-state index contributed by atoms with van der Waals surface area (Å²) in [6, 6.07) is 0. The van der Waals surface area contributed by atoms with Crippen LogP contribution in [0.2, 0.25) is 0 Å². The van der Waals surface area contributed by atoms with Gasteiger partial charge < -0.3 is 39.0 Å². The Balaban J connectivity index is 2.73. The molecule has 0 aromatic rings. The van der Waals surface area contributed by atoms with E-state index < -0.39 is 67.3 Å². The minimum atomic E-state index is -1.90. The van der Waals surface area contributed by atoms with Crippen LogP contribution in [0.25, 0.3) is 0 Å². The molecule has 6 unspecified atom stereocenters. The molecule has 1 heterocycles. The standard InChI is InChI=1S/C57H98O12/c1-4-7-10-13-16-19-21-23-25-27-29-32-34-37-40-43-49(58)65-46-48(67-50(59)44-41-38-36-33-30-28-26-24-22-20-17-14-11-8-5-2)47-66-57-55(53(62)52(61)54(69-57)56(63)64)68-51(60)45-42-39-35-31-18-15-12-9-6-3/h7,10,16,19,23,25,29,32,48,52-55,57,61-62H,4-6,8-9,11-15,17-18,20-22,24,26-28,30-31,33-47H2,1-3H3,(H,63,64)/b10-7-,19-16-,25-23-,32-29-. The van der Waals surface area contributed by atoms with Crippen molar-refractivity contribution in [3.63, 3.8) is 0 Å². The van der Waals surface area contributed by atoms with Crippen LogP contribution < -0.4 is 0 Å². The van der Waals surface area contributed by atoms with Crippen LogP contribution in [0, 0.1) is 0 Å². The highest BCUT2D eigenvalue weighted by Crippen LogP contribution is 2.26. The van der Waals surface area contributed by atoms with Gasteiger partial charge in [-0.1, -0.05) is 211 Å². The van der Waals surface area contributed by atoms with Gasteiger partial charge in [0.15, 0.2) is 24.6 Å². The number of aliphatic hydroxyl groups is 2. The molecule has 1 saturated heterocycles. The molecule has 1 aliphatic heterocycles. The lowest BCUT2D eigenvalue weighted by Crippen LogP contribution is -2.61. The minimum absolute atomic E-state index is 0.0587. The third-order valence-corrected chi connectivity index (χ3v) is 12.4. The van der Waals surface area contributed by atoms with Gasteiger partial charge in [0.2, 0.25) is 0 Å². The van der Waals surface area contributed by atoms with Crippen molar-refractivity contribution < 1.29 is 58.2 Å². The molecule has 69 heavy (non-hydrogen) atoms. The second-order valence-electron chi connectivity index (χ2n) is 18.9. The first-order valence-corrected chi connectivity index (χ1v) is 27.6. The minimum Gasteiger partial charge on any atom is -0.479 e. The summed E-state index contributed by atoms with van der Waals surface area (Å²) in [7, 11) is 0. The number of ether oxygens (including phenoxy) is 5. The first-order chi connectivity index (χ1) is 33.6. The van der Waals surface area contributed by atoms with E-state index in [9.17, 15) is 34.5 Å². The van der Waals surface area contributed by atoms with Gasteiger partial charge in [0, 0.05) is 19.3 Å². The normalized spacial score (nSPS) is 19.0. The Bertz CT molecular complexity index is 1390. The summed E-state index contributed by atoms with van der Waals surface area (Å²) in [4.78, 5) is 50.8. The molecule has 3 N–H and O–H groups in total. The second-order valence-corrected chi connectivity index (χ2v) is 18.9. The fourth-order valence-corrected chi connectivity index (χ4v) is 8.18. The molecule has 0 saturated carbocycles. The van der Waals surface area contributed by atoms with Gasteiger partial charge in [-0.2, -0.15) is 0 Å². The summed E-state index contributed by atoms with van der Waals surface area (Å²) in [5.74, 6) is -3.16. The molecule has 0 amide bonds. The molecule has 12 nitrogen and oxygen atoms in total. The maximum Gasteiger partial charge on any atom is 0.335 e. The quantitative estimate of drug-likeness (QED) is 0.0228. The molecule has 6 atom stereocenters. The number of hydrogen-bond donors (Lipinski definition) is 3. The van der Waals surface area contributed by atoms with Crippen LogP contribution in [0.5, 0.6) is 0 Å². The van der Waals surface area contributed by atoms with Gasteiger partial charge in [-0.05, 0) is 57.8 Å². The molecule has 12 heteroatoms. The van der Waals surface area contributed by atoms with E-state index in [1.165, 1.54) is 96.3 Å². The van der Waals surface area contributed by atoms with Crippen molar-refractivity contribution >= 4 is 23.9 Å². The fraction of sp³-hybridized carbons (Fsp3) is 0.789. The Morgan fingerprint density at radius 3 is 1.39 bits per heavy atom. The van der Waals surface area contributed by atoms with E-state index in [1.807, 2.05) is 0 Å². The first kappa shape index (κ1) is 63.7. The lowest BCUT2D eigenvalue weighted by atomic mass is 9.98. The molecule has 0 radical (unpaired) electrons. The van der Waals surface area contributed by atoms with Crippen molar-refractivity contribution in [2.24, 2.45) is 0 Å². The highest BCUT2D eigenvalue weighted by atomic mass is 16.7. The van der Waals surface area contributed by atoms with E-state index in [1.54, 1.807) is 0 Å². The summed E-state index contributed by atoms with van der Waals surface area (Å²) < 4.78 is 28.3. The van der Waals surface area contributed by atoms with Crippen LogP contribution in [0.3, 0.4) is 0 Å². The topological polar surface area (TPSA) is 175 Å². The molecule has 0 aromatic carbocycles. The number of carbonyl (C=O) groups is 4. The lowest BCUT2D eigenvalue weighted by Gasteiger charge is -2.40. The number of carboxylic acids is 1. The molecular weight excluding hydrogens is 877 g/mol. The molecule has 398 valence electrons. The van der Waals surface area contributed by atoms with Crippen molar-refractivity contribution in [3.05, 3.63) is 48.6 Å². The van der Waals surface area contributed by atoms with Crippen molar-refractivity contribution in [2.75, 3.05) is 13.2 Å². The Morgan fingerprint density at radius 1 is 0.493 bits per heavy atom. The summed E-state index contributed by atoms with van der Waals surface area (Å²) in [6.45, 7) is 5.81. The van der Waals surface area contributed by atoms with E-state index >= 15 is 0 Å². The summed E-state index contributed by atoms with van der Waals surface area (Å²) >= 11 is 0. The molecule has 1 rings (SSSR count). The number of carboxylic acid groups (broad SMARTS) is 1. The van der Waals surface area contributed by atoms with Crippen molar-refractivity contribution in [1.82, 2.24) is 0 Å². The summed E-state index contributed by atoms with van der Waals surface area (Å²) in [6.07, 6.45) is 41.1.